The number of barbiturate groups is 1. The number of anilines is 1. The van der Waals surface area contributed by atoms with Gasteiger partial charge >= 0.3 is 6.03 Å². The zero-order chi connectivity index (χ0) is 26.6. The van der Waals surface area contributed by atoms with Crippen molar-refractivity contribution in [1.29, 1.82) is 0 Å². The average Bonchev–Trinajstić information content (AvgIpc) is 2.87. The van der Waals surface area contributed by atoms with E-state index in [-0.39, 0.29) is 16.0 Å². The predicted octanol–water partition coefficient (Wildman–Crippen LogP) is 5.88. The smallest absolute Gasteiger partial charge is 0.335 e. The van der Waals surface area contributed by atoms with Gasteiger partial charge in [-0.3, -0.25) is 14.9 Å². The Morgan fingerprint density at radius 2 is 1.63 bits per heavy atom. The van der Waals surface area contributed by atoms with Crippen LogP contribution in [0.15, 0.2) is 42.0 Å². The molecule has 198 valence electrons. The number of urea groups is 1. The molecule has 5 fully saturated rings. The van der Waals surface area contributed by atoms with Gasteiger partial charge in [0.1, 0.15) is 5.57 Å². The summed E-state index contributed by atoms with van der Waals surface area (Å²) in [5.41, 5.74) is 2.14. The van der Waals surface area contributed by atoms with E-state index in [4.69, 9.17) is 21.1 Å². The Balaban J connectivity index is 1.29. The van der Waals surface area contributed by atoms with Crippen LogP contribution in [0.3, 0.4) is 0 Å². The van der Waals surface area contributed by atoms with Gasteiger partial charge in [-0.25, -0.2) is 9.69 Å². The van der Waals surface area contributed by atoms with Crippen molar-refractivity contribution in [1.82, 2.24) is 5.32 Å². The maximum absolute atomic E-state index is 13.5. The number of benzene rings is 2. The fourth-order valence-corrected chi connectivity index (χ4v) is 7.77. The maximum Gasteiger partial charge on any atom is 0.335 e. The van der Waals surface area contributed by atoms with Crippen molar-refractivity contribution in [2.45, 2.75) is 50.9 Å². The third-order valence-corrected chi connectivity index (χ3v) is 9.09. The lowest BCUT2D eigenvalue weighted by Gasteiger charge is -2.57. The predicted molar refractivity (Wildman–Crippen MR) is 144 cm³/mol. The lowest BCUT2D eigenvalue weighted by molar-refractivity contribution is -0.122. The number of amides is 4. The Kier molecular flexibility index (Phi) is 6.22. The quantitative estimate of drug-likeness (QED) is 0.369. The van der Waals surface area contributed by atoms with Crippen LogP contribution in [-0.2, 0) is 15.0 Å². The Morgan fingerprint density at radius 3 is 2.21 bits per heavy atom. The van der Waals surface area contributed by atoms with Gasteiger partial charge in [-0.1, -0.05) is 23.7 Å². The van der Waals surface area contributed by atoms with Crippen molar-refractivity contribution < 1.29 is 23.9 Å². The average molecular weight is 535 g/mol. The highest BCUT2D eigenvalue weighted by molar-refractivity contribution is 6.40. The van der Waals surface area contributed by atoms with E-state index >= 15 is 0 Å². The van der Waals surface area contributed by atoms with Gasteiger partial charge in [-0.05, 0) is 104 Å². The number of imide groups is 2. The van der Waals surface area contributed by atoms with Gasteiger partial charge in [-0.2, -0.15) is 0 Å². The summed E-state index contributed by atoms with van der Waals surface area (Å²) in [7, 11) is 1.49. The molecule has 1 heterocycles. The number of methoxy groups -OCH3 is 1. The summed E-state index contributed by atoms with van der Waals surface area (Å²) in [5, 5.41) is 2.57. The molecule has 4 aliphatic carbocycles. The van der Waals surface area contributed by atoms with E-state index in [0.717, 1.165) is 22.7 Å². The maximum atomic E-state index is 13.5. The molecule has 38 heavy (non-hydrogen) atoms. The molecule has 2 aromatic carbocycles. The molecule has 7 rings (SSSR count). The summed E-state index contributed by atoms with van der Waals surface area (Å²) in [5.74, 6) is 1.86. The minimum atomic E-state index is -0.773. The highest BCUT2D eigenvalue weighted by Gasteiger charge is 2.51. The molecule has 1 N–H and O–H groups in total. The lowest BCUT2D eigenvalue weighted by Crippen LogP contribution is -2.54. The molecule has 4 amide bonds. The molecule has 4 saturated carbocycles. The lowest BCUT2D eigenvalue weighted by atomic mass is 9.48. The first-order valence-corrected chi connectivity index (χ1v) is 13.7. The minimum Gasteiger partial charge on any atom is -0.493 e. The zero-order valence-corrected chi connectivity index (χ0v) is 22.3. The molecule has 5 aliphatic rings. The number of nitrogens with zero attached hydrogens (tertiary/aromatic N) is 1. The summed E-state index contributed by atoms with van der Waals surface area (Å²) >= 11 is 6.43. The molecule has 0 aromatic heterocycles. The first kappa shape index (κ1) is 25.0. The summed E-state index contributed by atoms with van der Waals surface area (Å²) < 4.78 is 10.9. The molecular weight excluding hydrogens is 504 g/mol. The number of carbonyl (C=O) groups excluding carboxylic acids is 3. The van der Waals surface area contributed by atoms with Crippen molar-refractivity contribution in [3.05, 3.63) is 58.1 Å². The number of hydrogen-bond acceptors (Lipinski definition) is 5. The number of halogens is 1. The number of nitrogens with one attached hydrogen (secondary N) is 1. The Morgan fingerprint density at radius 1 is 1.00 bits per heavy atom. The molecule has 1 aliphatic heterocycles. The van der Waals surface area contributed by atoms with Crippen molar-refractivity contribution in [3.63, 3.8) is 0 Å². The monoisotopic (exact) mass is 534 g/mol. The van der Waals surface area contributed by atoms with Crippen molar-refractivity contribution in [3.8, 4) is 11.5 Å². The Bertz CT molecular complexity index is 1310. The van der Waals surface area contributed by atoms with Crippen LogP contribution in [0, 0.1) is 17.8 Å². The van der Waals surface area contributed by atoms with Crippen LogP contribution in [0.2, 0.25) is 5.02 Å². The van der Waals surface area contributed by atoms with E-state index in [1.807, 2.05) is 19.1 Å². The molecular formula is C30H31ClN2O5. The Hall–Kier alpha value is -3.32. The normalized spacial score (nSPS) is 29.1. The van der Waals surface area contributed by atoms with Crippen molar-refractivity contribution in [2.24, 2.45) is 17.8 Å². The first-order chi connectivity index (χ1) is 18.3. The fourth-order valence-electron chi connectivity index (χ4n) is 7.57. The standard InChI is InChI=1S/C30H31ClN2O5/c1-3-38-26-13-24(31)20(12-25(26)37-2)11-23-27(34)32-29(36)33(28(23)35)22-6-4-21(5-7-22)30-14-17-8-18(15-30)10-19(9-17)16-30/h4-7,11-13,17-19H,3,8-10,14-16H2,1-2H3,(H,32,34,36)/b23-11+. The van der Waals surface area contributed by atoms with Crippen LogP contribution < -0.4 is 19.7 Å². The first-order valence-electron chi connectivity index (χ1n) is 13.3. The molecule has 0 spiro atoms. The van der Waals surface area contributed by atoms with Crippen LogP contribution in [-0.4, -0.2) is 31.6 Å². The van der Waals surface area contributed by atoms with Gasteiger partial charge < -0.3 is 9.47 Å². The van der Waals surface area contributed by atoms with Crippen LogP contribution in [0.4, 0.5) is 10.5 Å². The van der Waals surface area contributed by atoms with E-state index in [0.29, 0.717) is 29.4 Å². The summed E-state index contributed by atoms with van der Waals surface area (Å²) in [6.07, 6.45) is 9.18. The number of rotatable bonds is 6. The third-order valence-electron chi connectivity index (χ3n) is 8.76. The second kappa shape index (κ2) is 9.45. The molecule has 2 aromatic rings. The summed E-state index contributed by atoms with van der Waals surface area (Å²) in [6.45, 7) is 2.27. The third kappa shape index (κ3) is 4.17. The second-order valence-corrected chi connectivity index (χ2v) is 11.6. The molecule has 0 unspecified atom stereocenters. The molecule has 1 saturated heterocycles. The summed E-state index contributed by atoms with van der Waals surface area (Å²) in [4.78, 5) is 40.0. The van der Waals surface area contributed by atoms with Gasteiger partial charge in [-0.15, -0.1) is 0 Å². The Labute approximate surface area is 227 Å². The fraction of sp³-hybridized carbons (Fsp3) is 0.433. The molecule has 0 radical (unpaired) electrons. The van der Waals surface area contributed by atoms with Crippen molar-refractivity contribution in [2.75, 3.05) is 18.6 Å². The van der Waals surface area contributed by atoms with E-state index < -0.39 is 17.8 Å². The number of ether oxygens (including phenoxy) is 2. The van der Waals surface area contributed by atoms with Crippen LogP contribution in [0.25, 0.3) is 6.08 Å². The van der Waals surface area contributed by atoms with E-state index in [1.54, 1.807) is 12.1 Å². The number of hydrogen-bond donors (Lipinski definition) is 1. The topological polar surface area (TPSA) is 84.9 Å². The van der Waals surface area contributed by atoms with E-state index in [9.17, 15) is 14.4 Å². The van der Waals surface area contributed by atoms with Crippen LogP contribution in [0.5, 0.6) is 11.5 Å². The molecule has 4 bridgehead atoms. The molecule has 8 heteroatoms. The second-order valence-electron chi connectivity index (χ2n) is 11.2. The molecule has 0 atom stereocenters. The highest BCUT2D eigenvalue weighted by Crippen LogP contribution is 2.60. The molecule has 7 nitrogen and oxygen atoms in total. The van der Waals surface area contributed by atoms with Gasteiger partial charge in [0.2, 0.25) is 0 Å². The van der Waals surface area contributed by atoms with Gasteiger partial charge in [0.15, 0.2) is 11.5 Å². The number of carbonyl (C=O) groups is 3. The van der Waals surface area contributed by atoms with Crippen LogP contribution >= 0.6 is 11.6 Å². The van der Waals surface area contributed by atoms with Gasteiger partial charge in [0.05, 0.1) is 24.4 Å². The van der Waals surface area contributed by atoms with Gasteiger partial charge in [0.25, 0.3) is 11.8 Å². The van der Waals surface area contributed by atoms with Gasteiger partial charge in [0, 0.05) is 6.07 Å². The van der Waals surface area contributed by atoms with E-state index in [2.05, 4.69) is 17.4 Å². The minimum absolute atomic E-state index is 0.192. The van der Waals surface area contributed by atoms with Crippen molar-refractivity contribution >= 4 is 41.2 Å². The largest absolute Gasteiger partial charge is 0.493 e. The van der Waals surface area contributed by atoms with E-state index in [1.165, 1.54) is 57.3 Å². The summed E-state index contributed by atoms with van der Waals surface area (Å²) in [6, 6.07) is 10.2. The highest BCUT2D eigenvalue weighted by atomic mass is 35.5. The SMILES string of the molecule is CCOc1cc(Cl)c(/C=C2\C(=O)NC(=O)N(c3ccc(C45CC6CC(CC(C6)C4)C5)cc3)C2=O)cc1OC. The van der Waals surface area contributed by atoms with Crippen LogP contribution in [0.1, 0.15) is 56.6 Å². The zero-order valence-electron chi connectivity index (χ0n) is 21.6.